The molecule has 0 saturated heterocycles. The van der Waals surface area contributed by atoms with Gasteiger partial charge in [-0.05, 0) is 74.1 Å². The molecule has 194 valence electrons. The third-order valence-electron chi connectivity index (χ3n) is 8.10. The minimum Gasteiger partial charge on any atom is -0.482 e. The van der Waals surface area contributed by atoms with Gasteiger partial charge in [-0.1, -0.05) is 17.7 Å². The molecule has 0 aromatic rings. The molecule has 0 radical (unpaired) electrons. The molecule has 0 saturated carbocycles. The van der Waals surface area contributed by atoms with Gasteiger partial charge in [0, 0.05) is 38.2 Å². The number of halogens is 2. The summed E-state index contributed by atoms with van der Waals surface area (Å²) < 4.78 is 25.2. The highest BCUT2D eigenvalue weighted by Gasteiger charge is 2.38. The highest BCUT2D eigenvalue weighted by atomic mass is 35.5. The first kappa shape index (κ1) is 25.1. The van der Waals surface area contributed by atoms with E-state index in [1.165, 1.54) is 22.4 Å². The molecule has 5 rings (SSSR count). The summed E-state index contributed by atoms with van der Waals surface area (Å²) in [5, 5.41) is 18.7. The number of hydrogen-bond donors (Lipinski definition) is 5. The summed E-state index contributed by atoms with van der Waals surface area (Å²) in [5.41, 5.74) is 5.44. The Morgan fingerprint density at radius 1 is 1.06 bits per heavy atom. The number of allylic oxidation sites excluding steroid dienone is 3. The average molecular weight is 508 g/mol. The van der Waals surface area contributed by atoms with Crippen LogP contribution in [0.15, 0.2) is 45.2 Å². The molecule has 0 aromatic heterocycles. The summed E-state index contributed by atoms with van der Waals surface area (Å²) in [6.45, 7) is 1.92. The maximum Gasteiger partial charge on any atom is 0.187 e. The Bertz CT molecular complexity index is 933. The molecule has 7 nitrogen and oxygen atoms in total. The summed E-state index contributed by atoms with van der Waals surface area (Å²) in [5.74, 6) is 1.13. The predicted molar refractivity (Wildman–Crippen MR) is 136 cm³/mol. The summed E-state index contributed by atoms with van der Waals surface area (Å²) >= 11 is 6.21. The van der Waals surface area contributed by atoms with Crippen molar-refractivity contribution in [2.24, 2.45) is 5.92 Å². The first-order valence-corrected chi connectivity index (χ1v) is 13.4. The van der Waals surface area contributed by atoms with Crippen LogP contribution >= 0.6 is 11.6 Å². The van der Waals surface area contributed by atoms with E-state index in [9.17, 15) is 4.39 Å². The summed E-state index contributed by atoms with van der Waals surface area (Å²) in [6, 6.07) is 0.151. The molecule has 2 aliphatic carbocycles. The topological polar surface area (TPSA) is 78.6 Å². The molecule has 0 bridgehead atoms. The van der Waals surface area contributed by atoms with Crippen molar-refractivity contribution in [1.82, 2.24) is 26.6 Å². The third kappa shape index (κ3) is 5.57. The van der Waals surface area contributed by atoms with E-state index in [-0.39, 0.29) is 30.4 Å². The van der Waals surface area contributed by atoms with Crippen LogP contribution in [-0.4, -0.2) is 51.9 Å². The normalized spacial score (nSPS) is 34.2. The van der Waals surface area contributed by atoms with Crippen LogP contribution in [0.1, 0.15) is 57.8 Å². The number of methoxy groups -OCH3 is 2. The molecule has 3 aliphatic heterocycles. The van der Waals surface area contributed by atoms with Gasteiger partial charge >= 0.3 is 0 Å². The molecule has 0 fully saturated rings. The second-order valence-electron chi connectivity index (χ2n) is 10.2. The van der Waals surface area contributed by atoms with Crippen molar-refractivity contribution in [2.75, 3.05) is 27.3 Å². The number of hydrogen-bond acceptors (Lipinski definition) is 7. The van der Waals surface area contributed by atoms with Crippen LogP contribution in [0.3, 0.4) is 0 Å². The van der Waals surface area contributed by atoms with Crippen LogP contribution in [-0.2, 0) is 9.47 Å². The molecule has 0 aromatic carbocycles. The minimum absolute atomic E-state index is 0.00197. The maximum absolute atomic E-state index is 13.9. The van der Waals surface area contributed by atoms with Crippen LogP contribution in [0.4, 0.5) is 4.39 Å². The molecule has 0 amide bonds. The summed E-state index contributed by atoms with van der Waals surface area (Å²) in [7, 11) is 3.47. The monoisotopic (exact) mass is 507 g/mol. The van der Waals surface area contributed by atoms with Gasteiger partial charge in [-0.2, -0.15) is 0 Å². The largest absolute Gasteiger partial charge is 0.482 e. The number of ether oxygens (including phenoxy) is 2. The van der Waals surface area contributed by atoms with Crippen molar-refractivity contribution in [2.45, 2.75) is 82.4 Å². The van der Waals surface area contributed by atoms with Crippen LogP contribution in [0, 0.1) is 5.92 Å². The Hall–Kier alpha value is -1.58. The van der Waals surface area contributed by atoms with E-state index in [0.717, 1.165) is 63.9 Å². The molecule has 5 aliphatic rings. The Morgan fingerprint density at radius 3 is 2.69 bits per heavy atom. The molecule has 0 unspecified atom stereocenters. The van der Waals surface area contributed by atoms with Crippen LogP contribution in [0.5, 0.6) is 0 Å². The SMILES string of the molecule is COC1=C([C@@H]2CCC3=C(C2)[C@@H](N[C@H]2CCC(F)=C(Cl)C2)N[C@@H](C2=CCCNC2)N3)CC[C@@H](OC)N1. The fraction of sp³-hybridized carbons (Fsp3) is 0.692. The van der Waals surface area contributed by atoms with E-state index in [4.69, 9.17) is 21.1 Å². The number of nitrogens with one attached hydrogen (secondary N) is 5. The lowest BCUT2D eigenvalue weighted by Gasteiger charge is -2.44. The van der Waals surface area contributed by atoms with Gasteiger partial charge in [0.15, 0.2) is 5.88 Å². The van der Waals surface area contributed by atoms with E-state index in [1.54, 1.807) is 14.2 Å². The van der Waals surface area contributed by atoms with E-state index >= 15 is 0 Å². The Morgan fingerprint density at radius 2 is 1.94 bits per heavy atom. The Kier molecular flexibility index (Phi) is 8.04. The average Bonchev–Trinajstić information content (AvgIpc) is 2.90. The second kappa shape index (κ2) is 11.2. The lowest BCUT2D eigenvalue weighted by molar-refractivity contribution is 0.0459. The minimum atomic E-state index is -0.157. The number of rotatable bonds is 6. The summed E-state index contributed by atoms with van der Waals surface area (Å²) in [6.07, 6.45) is 10.2. The van der Waals surface area contributed by atoms with Gasteiger partial charge < -0.3 is 25.4 Å². The lowest BCUT2D eigenvalue weighted by Crippen LogP contribution is -2.62. The predicted octanol–water partition coefficient (Wildman–Crippen LogP) is 3.58. The van der Waals surface area contributed by atoms with Crippen molar-refractivity contribution in [1.29, 1.82) is 0 Å². The quantitative estimate of drug-likeness (QED) is 0.352. The van der Waals surface area contributed by atoms with Crippen molar-refractivity contribution < 1.29 is 13.9 Å². The van der Waals surface area contributed by atoms with Gasteiger partial charge in [0.2, 0.25) is 0 Å². The van der Waals surface area contributed by atoms with Gasteiger partial charge in [0.05, 0.1) is 18.3 Å². The fourth-order valence-electron chi connectivity index (χ4n) is 6.15. The molecule has 9 heteroatoms. The van der Waals surface area contributed by atoms with Gasteiger partial charge in [0.25, 0.3) is 0 Å². The zero-order chi connectivity index (χ0) is 24.4. The molecule has 35 heavy (non-hydrogen) atoms. The van der Waals surface area contributed by atoms with Crippen molar-refractivity contribution >= 4 is 11.6 Å². The van der Waals surface area contributed by atoms with Crippen molar-refractivity contribution in [3.8, 4) is 0 Å². The Labute approximate surface area is 213 Å². The van der Waals surface area contributed by atoms with Crippen molar-refractivity contribution in [3.63, 3.8) is 0 Å². The van der Waals surface area contributed by atoms with Crippen LogP contribution in [0.2, 0.25) is 0 Å². The van der Waals surface area contributed by atoms with E-state index in [0.29, 0.717) is 23.8 Å². The lowest BCUT2D eigenvalue weighted by atomic mass is 9.77. The van der Waals surface area contributed by atoms with Crippen LogP contribution < -0.4 is 26.6 Å². The fourth-order valence-corrected chi connectivity index (χ4v) is 6.43. The first-order valence-electron chi connectivity index (χ1n) is 13.0. The highest BCUT2D eigenvalue weighted by molar-refractivity contribution is 6.29. The molecular weight excluding hydrogens is 469 g/mol. The van der Waals surface area contributed by atoms with Gasteiger partial charge in [0.1, 0.15) is 18.2 Å². The molecular formula is C26H39ClFN5O2. The smallest absolute Gasteiger partial charge is 0.187 e. The highest BCUT2D eigenvalue weighted by Crippen LogP contribution is 2.40. The zero-order valence-electron chi connectivity index (χ0n) is 20.8. The van der Waals surface area contributed by atoms with E-state index < -0.39 is 0 Å². The summed E-state index contributed by atoms with van der Waals surface area (Å²) in [4.78, 5) is 0. The molecule has 5 atom stereocenters. The van der Waals surface area contributed by atoms with E-state index in [1.807, 2.05) is 0 Å². The van der Waals surface area contributed by atoms with Gasteiger partial charge in [-0.25, -0.2) is 4.39 Å². The third-order valence-corrected chi connectivity index (χ3v) is 8.46. The Balaban J connectivity index is 1.38. The maximum atomic E-state index is 13.9. The molecule has 3 heterocycles. The second-order valence-corrected chi connectivity index (χ2v) is 10.7. The van der Waals surface area contributed by atoms with Crippen molar-refractivity contribution in [3.05, 3.63) is 45.2 Å². The van der Waals surface area contributed by atoms with Crippen LogP contribution in [0.25, 0.3) is 0 Å². The van der Waals surface area contributed by atoms with E-state index in [2.05, 4.69) is 32.7 Å². The first-order chi connectivity index (χ1) is 17.1. The molecule has 0 spiro atoms. The van der Waals surface area contributed by atoms with Gasteiger partial charge in [-0.15, -0.1) is 0 Å². The van der Waals surface area contributed by atoms with Gasteiger partial charge in [-0.3, -0.25) is 10.6 Å². The standard InChI is InChI=1S/C26H39ClFN5O2/c1-34-23-10-7-18(26(32-23)35-2)15-5-9-22-19(12-15)25(30-17-6-8-21(28)20(27)13-17)33-24(31-22)16-4-3-11-29-14-16/h4,15,17,23-25,29-33H,3,5-14H2,1-2H3/t15-,17+,23-,24+,25+/m1/s1. The molecule has 5 N–H and O–H groups in total. The zero-order valence-corrected chi connectivity index (χ0v) is 21.6.